The normalized spacial score (nSPS) is 37.4. The predicted molar refractivity (Wildman–Crippen MR) is 100 cm³/mol. The topological polar surface area (TPSA) is 91.7 Å². The van der Waals surface area contributed by atoms with Crippen LogP contribution in [0, 0.1) is 28.6 Å². The fraction of sp³-hybridized carbons (Fsp3) is 0.750. The van der Waals surface area contributed by atoms with Crippen molar-refractivity contribution in [3.63, 3.8) is 0 Å². The van der Waals surface area contributed by atoms with Crippen molar-refractivity contribution in [3.8, 4) is 0 Å². The van der Waals surface area contributed by atoms with E-state index in [1.54, 1.807) is 0 Å². The van der Waals surface area contributed by atoms with Crippen molar-refractivity contribution in [2.45, 2.75) is 59.3 Å². The van der Waals surface area contributed by atoms with E-state index in [9.17, 15) is 22.9 Å². The summed E-state index contributed by atoms with van der Waals surface area (Å²) in [5.74, 6) is -1.27. The van der Waals surface area contributed by atoms with Crippen LogP contribution in [0.15, 0.2) is 23.3 Å². The van der Waals surface area contributed by atoms with Gasteiger partial charge >= 0.3 is 5.97 Å². The van der Waals surface area contributed by atoms with Gasteiger partial charge in [-0.2, -0.15) is 8.42 Å². The van der Waals surface area contributed by atoms with Gasteiger partial charge in [-0.1, -0.05) is 44.9 Å². The highest BCUT2D eigenvalue weighted by molar-refractivity contribution is 7.85. The average molecular weight is 383 g/mol. The van der Waals surface area contributed by atoms with E-state index in [1.807, 2.05) is 0 Å². The summed E-state index contributed by atoms with van der Waals surface area (Å²) >= 11 is 0. The number of carboxylic acid groups (broad SMARTS) is 1. The van der Waals surface area contributed by atoms with Crippen molar-refractivity contribution >= 4 is 16.1 Å². The van der Waals surface area contributed by atoms with E-state index < -0.39 is 27.3 Å². The highest BCUT2D eigenvalue weighted by Gasteiger charge is 2.60. The zero-order valence-corrected chi connectivity index (χ0v) is 16.7. The highest BCUT2D eigenvalue weighted by Crippen LogP contribution is 2.62. The summed E-state index contributed by atoms with van der Waals surface area (Å²) in [6.45, 7) is 6.54. The average Bonchev–Trinajstić information content (AvgIpc) is 2.52. The molecule has 2 N–H and O–H groups in total. The Morgan fingerprint density at radius 3 is 2.62 bits per heavy atom. The molecule has 0 radical (unpaired) electrons. The van der Waals surface area contributed by atoms with E-state index in [-0.39, 0.29) is 17.3 Å². The molecule has 0 aliphatic heterocycles. The minimum absolute atomic E-state index is 0.246. The van der Waals surface area contributed by atoms with E-state index >= 15 is 0 Å². The third-order valence-corrected chi connectivity index (χ3v) is 8.15. The summed E-state index contributed by atoms with van der Waals surface area (Å²) < 4.78 is 32.8. The Labute approximate surface area is 156 Å². The molecule has 26 heavy (non-hydrogen) atoms. The number of aliphatic carboxylic acids is 1. The van der Waals surface area contributed by atoms with Crippen molar-refractivity contribution in [2.24, 2.45) is 28.6 Å². The lowest BCUT2D eigenvalue weighted by molar-refractivity contribution is -0.162. The molecule has 1 saturated carbocycles. The first-order chi connectivity index (χ1) is 12.0. The number of carbonyl (C=O) groups is 1. The van der Waals surface area contributed by atoms with Gasteiger partial charge in [0, 0.05) is 0 Å². The van der Waals surface area contributed by atoms with Gasteiger partial charge in [-0.05, 0) is 60.8 Å². The SMILES string of the molecule is CC(C)C1=CC2=CCC3[C@@](CS(=O)(=O)O)(C(=O)O)CCC[C@]3(C)[C@@H]2CC1. The molecular weight excluding hydrogens is 352 g/mol. The van der Waals surface area contributed by atoms with Crippen LogP contribution in [0.3, 0.4) is 0 Å². The van der Waals surface area contributed by atoms with Gasteiger partial charge in [-0.25, -0.2) is 0 Å². The van der Waals surface area contributed by atoms with E-state index in [2.05, 4.69) is 32.9 Å². The molecular formula is C20H30O5S. The second-order valence-electron chi connectivity index (χ2n) is 9.00. The van der Waals surface area contributed by atoms with Crippen LogP contribution in [0.2, 0.25) is 0 Å². The molecule has 0 aromatic heterocycles. The van der Waals surface area contributed by atoms with Gasteiger partial charge < -0.3 is 5.11 Å². The largest absolute Gasteiger partial charge is 0.481 e. The molecule has 6 heteroatoms. The van der Waals surface area contributed by atoms with E-state index in [0.29, 0.717) is 25.2 Å². The van der Waals surface area contributed by atoms with Gasteiger partial charge in [0.25, 0.3) is 10.1 Å². The molecule has 3 aliphatic carbocycles. The second kappa shape index (κ2) is 6.48. The predicted octanol–water partition coefficient (Wildman–Crippen LogP) is 4.07. The summed E-state index contributed by atoms with van der Waals surface area (Å²) in [5.41, 5.74) is 1.09. The summed E-state index contributed by atoms with van der Waals surface area (Å²) in [7, 11) is -4.37. The minimum atomic E-state index is -4.37. The molecule has 0 saturated heterocycles. The molecule has 146 valence electrons. The number of hydrogen-bond acceptors (Lipinski definition) is 3. The van der Waals surface area contributed by atoms with Crippen LogP contribution < -0.4 is 0 Å². The Hall–Kier alpha value is -1.14. The smallest absolute Gasteiger partial charge is 0.311 e. The molecule has 1 unspecified atom stereocenters. The standard InChI is InChI=1S/C20H30O5S/c1-13(2)14-5-7-16-15(11-14)6-8-17-19(16,3)9-4-10-20(17,18(21)22)12-26(23,24)25/h6,11,13,16-17H,4-5,7-10,12H2,1-3H3,(H,21,22)(H,23,24,25)/t16-,17?,19-,20-/m1/s1. The van der Waals surface area contributed by atoms with E-state index in [1.165, 1.54) is 11.1 Å². The maximum absolute atomic E-state index is 12.2. The molecule has 4 atom stereocenters. The van der Waals surface area contributed by atoms with Gasteiger partial charge in [0.15, 0.2) is 0 Å². The number of carboxylic acids is 1. The monoisotopic (exact) mass is 382 g/mol. The Balaban J connectivity index is 2.06. The Morgan fingerprint density at radius 1 is 1.35 bits per heavy atom. The van der Waals surface area contributed by atoms with E-state index in [0.717, 1.165) is 19.3 Å². The fourth-order valence-electron chi connectivity index (χ4n) is 5.98. The van der Waals surface area contributed by atoms with Crippen molar-refractivity contribution < 1.29 is 22.9 Å². The number of hydrogen-bond donors (Lipinski definition) is 2. The number of fused-ring (bicyclic) bond motifs is 3. The van der Waals surface area contributed by atoms with Gasteiger partial charge in [-0.15, -0.1) is 0 Å². The van der Waals surface area contributed by atoms with Gasteiger partial charge in [0.05, 0.1) is 11.2 Å². The Kier molecular flexibility index (Phi) is 4.89. The highest BCUT2D eigenvalue weighted by atomic mass is 32.2. The molecule has 0 bridgehead atoms. The van der Waals surface area contributed by atoms with Gasteiger partial charge in [0.2, 0.25) is 0 Å². The van der Waals surface area contributed by atoms with Crippen LogP contribution in [-0.4, -0.2) is 29.8 Å². The fourth-order valence-corrected chi connectivity index (χ4v) is 7.10. The maximum Gasteiger partial charge on any atom is 0.311 e. The molecule has 3 rings (SSSR count). The molecule has 1 fully saturated rings. The Morgan fingerprint density at radius 2 is 2.04 bits per heavy atom. The van der Waals surface area contributed by atoms with Crippen molar-refractivity contribution in [3.05, 3.63) is 23.3 Å². The lowest BCUT2D eigenvalue weighted by Gasteiger charge is -2.57. The van der Waals surface area contributed by atoms with Crippen LogP contribution in [0.5, 0.6) is 0 Å². The van der Waals surface area contributed by atoms with Crippen LogP contribution >= 0.6 is 0 Å². The van der Waals surface area contributed by atoms with Crippen LogP contribution in [0.1, 0.15) is 59.3 Å². The lowest BCUT2D eigenvalue weighted by atomic mass is 9.47. The first-order valence-corrected chi connectivity index (χ1v) is 11.2. The zero-order valence-electron chi connectivity index (χ0n) is 15.9. The van der Waals surface area contributed by atoms with Crippen molar-refractivity contribution in [1.82, 2.24) is 0 Å². The first-order valence-electron chi connectivity index (χ1n) is 9.59. The summed E-state index contributed by atoms with van der Waals surface area (Å²) in [6.07, 6.45) is 8.89. The van der Waals surface area contributed by atoms with Crippen molar-refractivity contribution in [2.75, 3.05) is 5.75 Å². The lowest BCUT2D eigenvalue weighted by Crippen LogP contribution is -2.56. The summed E-state index contributed by atoms with van der Waals surface area (Å²) in [6, 6.07) is 0. The van der Waals surface area contributed by atoms with Crippen LogP contribution in [-0.2, 0) is 14.9 Å². The molecule has 0 heterocycles. The first kappa shape index (κ1) is 19.6. The third-order valence-electron chi connectivity index (χ3n) is 7.27. The molecule has 5 nitrogen and oxygen atoms in total. The van der Waals surface area contributed by atoms with Crippen LogP contribution in [0.4, 0.5) is 0 Å². The third kappa shape index (κ3) is 3.15. The number of rotatable bonds is 4. The summed E-state index contributed by atoms with van der Waals surface area (Å²) in [4.78, 5) is 12.2. The second-order valence-corrected chi connectivity index (χ2v) is 10.5. The van der Waals surface area contributed by atoms with Crippen LogP contribution in [0.25, 0.3) is 0 Å². The molecule has 0 aromatic carbocycles. The number of allylic oxidation sites excluding steroid dienone is 4. The molecule has 3 aliphatic rings. The maximum atomic E-state index is 12.2. The van der Waals surface area contributed by atoms with Gasteiger partial charge in [0.1, 0.15) is 0 Å². The Bertz CT molecular complexity index is 763. The zero-order chi connectivity index (χ0) is 19.3. The molecule has 0 spiro atoms. The van der Waals surface area contributed by atoms with Crippen molar-refractivity contribution in [1.29, 1.82) is 0 Å². The quantitative estimate of drug-likeness (QED) is 0.715. The van der Waals surface area contributed by atoms with Gasteiger partial charge in [-0.3, -0.25) is 9.35 Å². The molecule has 0 aromatic rings. The minimum Gasteiger partial charge on any atom is -0.481 e. The van der Waals surface area contributed by atoms with E-state index in [4.69, 9.17) is 0 Å². The molecule has 0 amide bonds. The summed E-state index contributed by atoms with van der Waals surface area (Å²) in [5, 5.41) is 10.0.